The molecule has 0 bridgehead atoms. The van der Waals surface area contributed by atoms with Crippen molar-refractivity contribution in [3.63, 3.8) is 0 Å². The molecule has 1 heterocycles. The molecule has 3 nitrogen and oxygen atoms in total. The Labute approximate surface area is 105 Å². The van der Waals surface area contributed by atoms with E-state index in [0.29, 0.717) is 19.3 Å². The minimum atomic E-state index is -4.08. The fourth-order valence-corrected chi connectivity index (χ4v) is 1.73. The average Bonchev–Trinajstić information content (AvgIpc) is 2.33. The van der Waals surface area contributed by atoms with Crippen LogP contribution in [-0.4, -0.2) is 17.2 Å². The maximum atomic E-state index is 12.0. The molecule has 1 unspecified atom stereocenters. The normalized spacial score (nSPS) is 13.6. The van der Waals surface area contributed by atoms with Gasteiger partial charge in [-0.05, 0) is 37.8 Å². The topological polar surface area (TPSA) is 50.9 Å². The van der Waals surface area contributed by atoms with Crippen molar-refractivity contribution in [2.24, 2.45) is 5.84 Å². The number of nitrogens with one attached hydrogen (secondary N) is 1. The van der Waals surface area contributed by atoms with E-state index in [4.69, 9.17) is 5.84 Å². The predicted molar refractivity (Wildman–Crippen MR) is 63.6 cm³/mol. The number of alkyl halides is 3. The third-order valence-electron chi connectivity index (χ3n) is 2.72. The molecule has 0 saturated carbocycles. The number of hydrogen-bond donors (Lipinski definition) is 2. The summed E-state index contributed by atoms with van der Waals surface area (Å²) in [6.45, 7) is 0. The van der Waals surface area contributed by atoms with Crippen molar-refractivity contribution in [3.8, 4) is 0 Å². The minimum Gasteiger partial charge on any atom is -0.271 e. The second-order valence-electron chi connectivity index (χ2n) is 4.23. The first-order valence-corrected chi connectivity index (χ1v) is 5.94. The van der Waals surface area contributed by atoms with Gasteiger partial charge in [0.1, 0.15) is 0 Å². The quantitative estimate of drug-likeness (QED) is 0.586. The van der Waals surface area contributed by atoms with Gasteiger partial charge in [-0.1, -0.05) is 6.07 Å². The predicted octanol–water partition coefficient (Wildman–Crippen LogP) is 2.58. The van der Waals surface area contributed by atoms with E-state index in [9.17, 15) is 13.2 Å². The SMILES string of the molecule is NNC(CCCC(F)(F)F)CCc1ccccn1. The van der Waals surface area contributed by atoms with E-state index in [1.165, 1.54) is 0 Å². The number of nitrogens with zero attached hydrogens (tertiary/aromatic N) is 1. The molecule has 18 heavy (non-hydrogen) atoms. The van der Waals surface area contributed by atoms with E-state index in [0.717, 1.165) is 5.69 Å². The van der Waals surface area contributed by atoms with Gasteiger partial charge in [0, 0.05) is 24.4 Å². The molecule has 0 radical (unpaired) electrons. The van der Waals surface area contributed by atoms with Crippen molar-refractivity contribution >= 4 is 0 Å². The van der Waals surface area contributed by atoms with Gasteiger partial charge < -0.3 is 0 Å². The lowest BCUT2D eigenvalue weighted by Gasteiger charge is -2.16. The molecule has 102 valence electrons. The molecule has 1 atom stereocenters. The Balaban J connectivity index is 2.25. The Hall–Kier alpha value is -1.14. The zero-order valence-electron chi connectivity index (χ0n) is 10.1. The van der Waals surface area contributed by atoms with Crippen LogP contribution < -0.4 is 11.3 Å². The fraction of sp³-hybridized carbons (Fsp3) is 0.583. The van der Waals surface area contributed by atoms with Crippen molar-refractivity contribution < 1.29 is 13.2 Å². The second kappa shape index (κ2) is 7.33. The van der Waals surface area contributed by atoms with E-state index in [2.05, 4.69) is 10.4 Å². The first kappa shape index (κ1) is 14.9. The van der Waals surface area contributed by atoms with Crippen LogP contribution in [-0.2, 0) is 6.42 Å². The molecular formula is C12H18F3N3. The fourth-order valence-electron chi connectivity index (χ4n) is 1.73. The van der Waals surface area contributed by atoms with E-state index in [1.807, 2.05) is 18.2 Å². The number of pyridine rings is 1. The Morgan fingerprint density at radius 3 is 2.61 bits per heavy atom. The number of hydrazine groups is 1. The van der Waals surface area contributed by atoms with Crippen LogP contribution >= 0.6 is 0 Å². The van der Waals surface area contributed by atoms with Gasteiger partial charge in [0.25, 0.3) is 0 Å². The smallest absolute Gasteiger partial charge is 0.271 e. The molecule has 0 spiro atoms. The van der Waals surface area contributed by atoms with Crippen molar-refractivity contribution in [1.29, 1.82) is 0 Å². The number of rotatable bonds is 7. The van der Waals surface area contributed by atoms with Gasteiger partial charge in [0.2, 0.25) is 0 Å². The Bertz CT molecular complexity index is 327. The number of hydrogen-bond acceptors (Lipinski definition) is 3. The summed E-state index contributed by atoms with van der Waals surface area (Å²) in [5.41, 5.74) is 3.49. The maximum absolute atomic E-state index is 12.0. The van der Waals surface area contributed by atoms with Gasteiger partial charge in [-0.25, -0.2) is 0 Å². The third kappa shape index (κ3) is 6.56. The van der Waals surface area contributed by atoms with E-state index in [-0.39, 0.29) is 12.5 Å². The highest BCUT2D eigenvalue weighted by molar-refractivity contribution is 5.03. The molecule has 0 saturated heterocycles. The highest BCUT2D eigenvalue weighted by Gasteiger charge is 2.26. The monoisotopic (exact) mass is 261 g/mol. The van der Waals surface area contributed by atoms with Gasteiger partial charge in [0.15, 0.2) is 0 Å². The van der Waals surface area contributed by atoms with E-state index < -0.39 is 12.6 Å². The largest absolute Gasteiger partial charge is 0.389 e. The van der Waals surface area contributed by atoms with Crippen LogP contribution in [0.2, 0.25) is 0 Å². The zero-order valence-corrected chi connectivity index (χ0v) is 10.1. The molecule has 0 fully saturated rings. The Kier molecular flexibility index (Phi) is 6.07. The van der Waals surface area contributed by atoms with Gasteiger partial charge in [-0.2, -0.15) is 13.2 Å². The molecular weight excluding hydrogens is 243 g/mol. The van der Waals surface area contributed by atoms with Gasteiger partial charge in [-0.15, -0.1) is 0 Å². The van der Waals surface area contributed by atoms with Crippen LogP contribution in [0.25, 0.3) is 0 Å². The summed E-state index contributed by atoms with van der Waals surface area (Å²) in [5.74, 6) is 5.34. The summed E-state index contributed by atoms with van der Waals surface area (Å²) in [6.07, 6.45) is -1.23. The van der Waals surface area contributed by atoms with Gasteiger partial charge in [0.05, 0.1) is 0 Å². The van der Waals surface area contributed by atoms with Gasteiger partial charge >= 0.3 is 6.18 Å². The van der Waals surface area contributed by atoms with Crippen molar-refractivity contribution in [2.45, 2.75) is 44.3 Å². The molecule has 0 amide bonds. The molecule has 0 aliphatic rings. The first-order valence-electron chi connectivity index (χ1n) is 5.94. The van der Waals surface area contributed by atoms with Crippen molar-refractivity contribution in [2.75, 3.05) is 0 Å². The number of nitrogens with two attached hydrogens (primary N) is 1. The van der Waals surface area contributed by atoms with E-state index >= 15 is 0 Å². The summed E-state index contributed by atoms with van der Waals surface area (Å²) >= 11 is 0. The molecule has 1 rings (SSSR count). The molecule has 3 N–H and O–H groups in total. The van der Waals surface area contributed by atoms with Gasteiger partial charge in [-0.3, -0.25) is 16.3 Å². The van der Waals surface area contributed by atoms with Crippen LogP contribution in [0, 0.1) is 0 Å². The first-order chi connectivity index (χ1) is 8.51. The summed E-state index contributed by atoms with van der Waals surface area (Å²) < 4.78 is 36.0. The Morgan fingerprint density at radius 2 is 2.06 bits per heavy atom. The minimum absolute atomic E-state index is 0.0978. The lowest BCUT2D eigenvalue weighted by molar-refractivity contribution is -0.135. The number of aromatic nitrogens is 1. The lowest BCUT2D eigenvalue weighted by atomic mass is 10.0. The van der Waals surface area contributed by atoms with Crippen LogP contribution in [0.3, 0.4) is 0 Å². The lowest BCUT2D eigenvalue weighted by Crippen LogP contribution is -2.35. The highest BCUT2D eigenvalue weighted by Crippen LogP contribution is 2.23. The second-order valence-corrected chi connectivity index (χ2v) is 4.23. The molecule has 1 aromatic heterocycles. The van der Waals surface area contributed by atoms with Crippen molar-refractivity contribution in [1.82, 2.24) is 10.4 Å². The molecule has 0 aliphatic heterocycles. The maximum Gasteiger partial charge on any atom is 0.389 e. The standard InChI is InChI=1S/C12H18F3N3/c13-12(14,15)8-3-5-11(18-16)7-6-10-4-1-2-9-17-10/h1-2,4,9,11,18H,3,5-8,16H2. The average molecular weight is 261 g/mol. The van der Waals surface area contributed by atoms with Crippen LogP contribution in [0.1, 0.15) is 31.4 Å². The van der Waals surface area contributed by atoms with Crippen LogP contribution in [0.5, 0.6) is 0 Å². The molecule has 0 aliphatic carbocycles. The summed E-state index contributed by atoms with van der Waals surface area (Å²) in [6, 6.07) is 5.50. The number of halogens is 3. The summed E-state index contributed by atoms with van der Waals surface area (Å²) in [7, 11) is 0. The molecule has 1 aromatic rings. The summed E-state index contributed by atoms with van der Waals surface area (Å²) in [4.78, 5) is 4.16. The van der Waals surface area contributed by atoms with Crippen molar-refractivity contribution in [3.05, 3.63) is 30.1 Å². The molecule has 0 aromatic carbocycles. The van der Waals surface area contributed by atoms with Crippen LogP contribution in [0.15, 0.2) is 24.4 Å². The van der Waals surface area contributed by atoms with E-state index in [1.54, 1.807) is 6.20 Å². The highest BCUT2D eigenvalue weighted by atomic mass is 19.4. The molecule has 6 heteroatoms. The Morgan fingerprint density at radius 1 is 1.28 bits per heavy atom. The third-order valence-corrected chi connectivity index (χ3v) is 2.72. The summed E-state index contributed by atoms with van der Waals surface area (Å²) in [5, 5.41) is 0. The van der Waals surface area contributed by atoms with Crippen LogP contribution in [0.4, 0.5) is 13.2 Å². The zero-order chi connectivity index (χ0) is 13.4. The number of aryl methyl sites for hydroxylation is 1.